The van der Waals surface area contributed by atoms with E-state index >= 15 is 0 Å². The summed E-state index contributed by atoms with van der Waals surface area (Å²) in [4.78, 5) is 24.9. The maximum absolute atomic E-state index is 11.8. The number of ether oxygens (including phenoxy) is 1. The molecule has 0 bridgehead atoms. The van der Waals surface area contributed by atoms with Crippen LogP contribution in [0, 0.1) is 0 Å². The van der Waals surface area contributed by atoms with Crippen molar-refractivity contribution in [3.63, 3.8) is 0 Å². The van der Waals surface area contributed by atoms with Gasteiger partial charge in [-0.25, -0.2) is 0 Å². The standard InChI is InChI=1S/C12H22N2O3/c1-4-11(15)13-10-5-7-14(8-6-10)12(16)9(2)17-3/h9-10H,4-8H2,1-3H3,(H,13,15). The number of rotatable bonds is 4. The van der Waals surface area contributed by atoms with E-state index in [4.69, 9.17) is 4.74 Å². The van der Waals surface area contributed by atoms with E-state index in [1.807, 2.05) is 11.8 Å². The van der Waals surface area contributed by atoms with Gasteiger partial charge >= 0.3 is 0 Å². The number of carbonyl (C=O) groups is 2. The number of piperidine rings is 1. The van der Waals surface area contributed by atoms with Crippen LogP contribution in [0.3, 0.4) is 0 Å². The SMILES string of the molecule is CCC(=O)NC1CCN(C(=O)C(C)OC)CC1. The summed E-state index contributed by atoms with van der Waals surface area (Å²) >= 11 is 0. The van der Waals surface area contributed by atoms with Crippen LogP contribution in [0.15, 0.2) is 0 Å². The number of nitrogens with zero attached hydrogens (tertiary/aromatic N) is 1. The van der Waals surface area contributed by atoms with Crippen LogP contribution in [-0.2, 0) is 14.3 Å². The van der Waals surface area contributed by atoms with E-state index in [9.17, 15) is 9.59 Å². The Kier molecular flexibility index (Phi) is 5.41. The largest absolute Gasteiger partial charge is 0.372 e. The third-order valence-corrected chi connectivity index (χ3v) is 3.19. The van der Waals surface area contributed by atoms with Crippen molar-refractivity contribution < 1.29 is 14.3 Å². The second-order valence-corrected chi connectivity index (χ2v) is 4.40. The molecule has 1 fully saturated rings. The van der Waals surface area contributed by atoms with Crippen LogP contribution < -0.4 is 5.32 Å². The lowest BCUT2D eigenvalue weighted by atomic mass is 10.0. The van der Waals surface area contributed by atoms with Crippen molar-refractivity contribution in [2.45, 2.75) is 45.3 Å². The van der Waals surface area contributed by atoms with Crippen LogP contribution in [0.5, 0.6) is 0 Å². The summed E-state index contributed by atoms with van der Waals surface area (Å²) in [5.41, 5.74) is 0. The van der Waals surface area contributed by atoms with Gasteiger partial charge in [0.25, 0.3) is 5.91 Å². The molecule has 17 heavy (non-hydrogen) atoms. The van der Waals surface area contributed by atoms with Gasteiger partial charge in [-0.1, -0.05) is 6.92 Å². The fourth-order valence-corrected chi connectivity index (χ4v) is 1.93. The van der Waals surface area contributed by atoms with Crippen LogP contribution >= 0.6 is 0 Å². The van der Waals surface area contributed by atoms with Crippen LogP contribution in [0.25, 0.3) is 0 Å². The Bertz CT molecular complexity index is 273. The predicted octanol–water partition coefficient (Wildman–Crippen LogP) is 0.539. The van der Waals surface area contributed by atoms with Gasteiger partial charge in [-0.2, -0.15) is 0 Å². The fourth-order valence-electron chi connectivity index (χ4n) is 1.93. The summed E-state index contributed by atoms with van der Waals surface area (Å²) in [6.45, 7) is 4.99. The maximum atomic E-state index is 11.8. The average Bonchev–Trinajstić information content (AvgIpc) is 2.37. The molecule has 0 aromatic rings. The summed E-state index contributed by atoms with van der Waals surface area (Å²) in [5.74, 6) is 0.118. The Labute approximate surface area is 102 Å². The van der Waals surface area contributed by atoms with Crippen molar-refractivity contribution >= 4 is 11.8 Å². The first-order valence-electron chi connectivity index (χ1n) is 6.19. The molecule has 0 radical (unpaired) electrons. The van der Waals surface area contributed by atoms with Crippen LogP contribution in [0.4, 0.5) is 0 Å². The Morgan fingerprint density at radius 2 is 2.00 bits per heavy atom. The zero-order chi connectivity index (χ0) is 12.8. The molecule has 1 aliphatic rings. The zero-order valence-electron chi connectivity index (χ0n) is 10.9. The molecule has 0 spiro atoms. The Balaban J connectivity index is 2.35. The van der Waals surface area contributed by atoms with Crippen LogP contribution in [0.2, 0.25) is 0 Å². The summed E-state index contributed by atoms with van der Waals surface area (Å²) in [6.07, 6.45) is 1.79. The van der Waals surface area contributed by atoms with Gasteiger partial charge in [0.15, 0.2) is 0 Å². The lowest BCUT2D eigenvalue weighted by Crippen LogP contribution is -2.48. The molecule has 1 unspecified atom stereocenters. The number of methoxy groups -OCH3 is 1. The Morgan fingerprint density at radius 1 is 1.41 bits per heavy atom. The number of hydrogen-bond donors (Lipinski definition) is 1. The first kappa shape index (κ1) is 14.0. The van der Waals surface area contributed by atoms with Gasteiger partial charge in [-0.15, -0.1) is 0 Å². The molecule has 5 nitrogen and oxygen atoms in total. The van der Waals surface area contributed by atoms with E-state index in [2.05, 4.69) is 5.32 Å². The zero-order valence-corrected chi connectivity index (χ0v) is 10.9. The molecule has 1 rings (SSSR count). The van der Waals surface area contributed by atoms with Crippen molar-refractivity contribution in [2.75, 3.05) is 20.2 Å². The Morgan fingerprint density at radius 3 is 2.47 bits per heavy atom. The predicted molar refractivity (Wildman–Crippen MR) is 64.5 cm³/mol. The molecule has 0 aromatic heterocycles. The van der Waals surface area contributed by atoms with Gasteiger partial charge in [0.2, 0.25) is 5.91 Å². The molecule has 2 amide bonds. The van der Waals surface area contributed by atoms with Crippen molar-refractivity contribution in [1.29, 1.82) is 0 Å². The smallest absolute Gasteiger partial charge is 0.251 e. The number of hydrogen-bond acceptors (Lipinski definition) is 3. The Hall–Kier alpha value is -1.10. The lowest BCUT2D eigenvalue weighted by Gasteiger charge is -2.33. The maximum Gasteiger partial charge on any atom is 0.251 e. The number of likely N-dealkylation sites (tertiary alicyclic amines) is 1. The first-order valence-corrected chi connectivity index (χ1v) is 6.19. The summed E-state index contributed by atoms with van der Waals surface area (Å²) in [5, 5.41) is 2.96. The third kappa shape index (κ3) is 4.00. The van der Waals surface area contributed by atoms with Gasteiger partial charge in [0.05, 0.1) is 0 Å². The second kappa shape index (κ2) is 6.59. The molecular formula is C12H22N2O3. The molecule has 0 aliphatic carbocycles. The van der Waals surface area contributed by atoms with Crippen molar-refractivity contribution in [3.05, 3.63) is 0 Å². The minimum atomic E-state index is -0.378. The minimum absolute atomic E-state index is 0.0350. The van der Waals surface area contributed by atoms with Gasteiger partial charge in [0.1, 0.15) is 6.10 Å². The second-order valence-electron chi connectivity index (χ2n) is 4.40. The average molecular weight is 242 g/mol. The molecule has 0 aromatic carbocycles. The first-order chi connectivity index (χ1) is 8.08. The monoisotopic (exact) mass is 242 g/mol. The molecule has 1 heterocycles. The fraction of sp³-hybridized carbons (Fsp3) is 0.833. The van der Waals surface area contributed by atoms with E-state index in [1.165, 1.54) is 7.11 Å². The number of carbonyl (C=O) groups excluding carboxylic acids is 2. The van der Waals surface area contributed by atoms with Gasteiger partial charge < -0.3 is 15.0 Å². The topological polar surface area (TPSA) is 58.6 Å². The van der Waals surface area contributed by atoms with E-state index < -0.39 is 0 Å². The minimum Gasteiger partial charge on any atom is -0.372 e. The van der Waals surface area contributed by atoms with E-state index in [0.29, 0.717) is 19.5 Å². The molecule has 1 saturated heterocycles. The molecule has 5 heteroatoms. The summed E-state index contributed by atoms with van der Waals surface area (Å²) in [7, 11) is 1.54. The molecule has 98 valence electrons. The third-order valence-electron chi connectivity index (χ3n) is 3.19. The van der Waals surface area contributed by atoms with E-state index in [0.717, 1.165) is 12.8 Å². The molecule has 0 saturated carbocycles. The van der Waals surface area contributed by atoms with Crippen LogP contribution in [-0.4, -0.2) is 49.1 Å². The lowest BCUT2D eigenvalue weighted by molar-refractivity contribution is -0.142. The molecule has 1 atom stereocenters. The highest BCUT2D eigenvalue weighted by Crippen LogP contribution is 2.12. The highest BCUT2D eigenvalue weighted by atomic mass is 16.5. The van der Waals surface area contributed by atoms with Crippen molar-refractivity contribution in [2.24, 2.45) is 0 Å². The van der Waals surface area contributed by atoms with Gasteiger partial charge in [-0.3, -0.25) is 9.59 Å². The summed E-state index contributed by atoms with van der Waals surface area (Å²) in [6, 6.07) is 0.212. The summed E-state index contributed by atoms with van der Waals surface area (Å²) < 4.78 is 5.01. The highest BCUT2D eigenvalue weighted by molar-refractivity contribution is 5.80. The van der Waals surface area contributed by atoms with Crippen molar-refractivity contribution in [3.8, 4) is 0 Å². The quantitative estimate of drug-likeness (QED) is 0.782. The van der Waals surface area contributed by atoms with E-state index in [1.54, 1.807) is 6.92 Å². The molecule has 1 N–H and O–H groups in total. The highest BCUT2D eigenvalue weighted by Gasteiger charge is 2.26. The van der Waals surface area contributed by atoms with Gasteiger partial charge in [-0.05, 0) is 19.8 Å². The van der Waals surface area contributed by atoms with E-state index in [-0.39, 0.29) is 24.0 Å². The van der Waals surface area contributed by atoms with Crippen LogP contribution in [0.1, 0.15) is 33.1 Å². The van der Waals surface area contributed by atoms with Gasteiger partial charge in [0, 0.05) is 32.7 Å². The van der Waals surface area contributed by atoms with Crippen molar-refractivity contribution in [1.82, 2.24) is 10.2 Å². The molecular weight excluding hydrogens is 220 g/mol. The number of amides is 2. The number of nitrogens with one attached hydrogen (secondary N) is 1. The normalized spacial score (nSPS) is 18.9. The molecule has 1 aliphatic heterocycles.